The van der Waals surface area contributed by atoms with E-state index >= 15 is 0 Å². The molecule has 3 nitrogen and oxygen atoms in total. The number of guanidine groups is 1. The van der Waals surface area contributed by atoms with Gasteiger partial charge in [0.25, 0.3) is 0 Å². The Morgan fingerprint density at radius 2 is 1.86 bits per heavy atom. The summed E-state index contributed by atoms with van der Waals surface area (Å²) in [7, 11) is 0. The van der Waals surface area contributed by atoms with Gasteiger partial charge in [-0.25, -0.2) is 4.39 Å². The number of aliphatic imine (C=N–C) groups is 1. The van der Waals surface area contributed by atoms with Crippen molar-refractivity contribution < 1.29 is 4.39 Å². The summed E-state index contributed by atoms with van der Waals surface area (Å²) in [4.78, 5) is 4.26. The van der Waals surface area contributed by atoms with Crippen LogP contribution in [0, 0.1) is 19.7 Å². The fourth-order valence-electron chi connectivity index (χ4n) is 2.23. The molecule has 2 aromatic rings. The number of rotatable bonds is 4. The third-order valence-electron chi connectivity index (χ3n) is 3.07. The molecule has 110 valence electrons. The highest BCUT2D eigenvalue weighted by atomic mass is 19.1. The van der Waals surface area contributed by atoms with Crippen LogP contribution in [0.2, 0.25) is 0 Å². The van der Waals surface area contributed by atoms with Gasteiger partial charge in [-0.3, -0.25) is 4.99 Å². The predicted molar refractivity (Wildman–Crippen MR) is 86.1 cm³/mol. The lowest BCUT2D eigenvalue weighted by Crippen LogP contribution is -2.23. The largest absolute Gasteiger partial charge is 0.370 e. The Morgan fingerprint density at radius 1 is 1.14 bits per heavy atom. The molecule has 0 spiro atoms. The lowest BCUT2D eigenvalue weighted by molar-refractivity contribution is 0.625. The van der Waals surface area contributed by atoms with Gasteiger partial charge in [-0.1, -0.05) is 18.2 Å². The second-order valence-corrected chi connectivity index (χ2v) is 5.15. The Bertz CT molecular complexity index is 630. The third kappa shape index (κ3) is 4.91. The van der Waals surface area contributed by atoms with E-state index in [4.69, 9.17) is 5.73 Å². The Morgan fingerprint density at radius 3 is 2.52 bits per heavy atom. The van der Waals surface area contributed by atoms with Crippen LogP contribution in [-0.2, 0) is 6.42 Å². The Balaban J connectivity index is 1.92. The first kappa shape index (κ1) is 15.0. The van der Waals surface area contributed by atoms with Crippen LogP contribution in [0.5, 0.6) is 0 Å². The van der Waals surface area contributed by atoms with E-state index in [1.807, 2.05) is 32.0 Å². The lowest BCUT2D eigenvalue weighted by Gasteiger charge is -2.08. The van der Waals surface area contributed by atoms with Crippen LogP contribution in [0.15, 0.2) is 47.5 Å². The predicted octanol–water partition coefficient (Wildman–Crippen LogP) is 3.41. The van der Waals surface area contributed by atoms with Crippen molar-refractivity contribution in [2.24, 2.45) is 10.7 Å². The van der Waals surface area contributed by atoms with Crippen LogP contribution >= 0.6 is 0 Å². The first-order valence-corrected chi connectivity index (χ1v) is 6.92. The van der Waals surface area contributed by atoms with Crippen molar-refractivity contribution >= 4 is 11.6 Å². The molecule has 0 aliphatic heterocycles. The summed E-state index contributed by atoms with van der Waals surface area (Å²) in [5.41, 5.74) is 10.1. The summed E-state index contributed by atoms with van der Waals surface area (Å²) >= 11 is 0. The van der Waals surface area contributed by atoms with E-state index in [-0.39, 0.29) is 5.82 Å². The Labute approximate surface area is 124 Å². The molecule has 0 atom stereocenters. The molecule has 2 rings (SSSR count). The van der Waals surface area contributed by atoms with E-state index in [1.54, 1.807) is 6.07 Å². The number of aryl methyl sites for hydroxylation is 2. The first-order chi connectivity index (χ1) is 10.0. The molecule has 3 N–H and O–H groups in total. The average molecular weight is 285 g/mol. The van der Waals surface area contributed by atoms with Crippen LogP contribution in [0.1, 0.15) is 16.7 Å². The molecule has 0 fully saturated rings. The molecule has 0 saturated carbocycles. The van der Waals surface area contributed by atoms with Gasteiger partial charge in [-0.15, -0.1) is 0 Å². The SMILES string of the molecule is Cc1cc(C)cc(NC(N)=NCCc2cccc(F)c2)c1. The zero-order valence-corrected chi connectivity index (χ0v) is 12.4. The maximum Gasteiger partial charge on any atom is 0.193 e. The quantitative estimate of drug-likeness (QED) is 0.668. The van der Waals surface area contributed by atoms with Crippen molar-refractivity contribution in [2.45, 2.75) is 20.3 Å². The highest BCUT2D eigenvalue weighted by Gasteiger charge is 1.98. The van der Waals surface area contributed by atoms with Crippen LogP contribution in [0.25, 0.3) is 0 Å². The topological polar surface area (TPSA) is 50.4 Å². The minimum absolute atomic E-state index is 0.224. The van der Waals surface area contributed by atoms with Crippen LogP contribution in [-0.4, -0.2) is 12.5 Å². The van der Waals surface area contributed by atoms with Crippen LogP contribution in [0.3, 0.4) is 0 Å². The molecule has 0 saturated heterocycles. The molecule has 0 aliphatic carbocycles. The normalized spacial score (nSPS) is 11.5. The fraction of sp³-hybridized carbons (Fsp3) is 0.235. The van der Waals surface area contributed by atoms with E-state index in [0.29, 0.717) is 18.9 Å². The summed E-state index contributed by atoms with van der Waals surface area (Å²) in [5.74, 6) is 0.147. The molecular formula is C17H20FN3. The van der Waals surface area contributed by atoms with E-state index in [9.17, 15) is 4.39 Å². The summed E-state index contributed by atoms with van der Waals surface area (Å²) in [6, 6.07) is 12.7. The van der Waals surface area contributed by atoms with Gasteiger partial charge < -0.3 is 11.1 Å². The van der Waals surface area contributed by atoms with Gasteiger partial charge in [-0.05, 0) is 61.2 Å². The molecule has 21 heavy (non-hydrogen) atoms. The van der Waals surface area contributed by atoms with Gasteiger partial charge in [0.1, 0.15) is 5.82 Å². The van der Waals surface area contributed by atoms with Crippen molar-refractivity contribution in [1.29, 1.82) is 0 Å². The number of nitrogens with one attached hydrogen (secondary N) is 1. The molecule has 2 aromatic carbocycles. The number of anilines is 1. The fourth-order valence-corrected chi connectivity index (χ4v) is 2.23. The van der Waals surface area contributed by atoms with Crippen molar-refractivity contribution in [1.82, 2.24) is 0 Å². The molecule has 0 radical (unpaired) electrons. The van der Waals surface area contributed by atoms with E-state index in [0.717, 1.165) is 11.3 Å². The zero-order chi connectivity index (χ0) is 15.2. The summed E-state index contributed by atoms with van der Waals surface area (Å²) in [5, 5.41) is 3.07. The highest BCUT2D eigenvalue weighted by Crippen LogP contribution is 2.13. The van der Waals surface area contributed by atoms with Crippen molar-refractivity contribution in [3.8, 4) is 0 Å². The molecule has 0 unspecified atom stereocenters. The van der Waals surface area contributed by atoms with E-state index in [2.05, 4.69) is 16.4 Å². The number of nitrogens with two attached hydrogens (primary N) is 1. The summed E-state index contributed by atoms with van der Waals surface area (Å²) in [6.45, 7) is 4.60. The Kier molecular flexibility index (Phi) is 4.93. The van der Waals surface area contributed by atoms with Crippen LogP contribution < -0.4 is 11.1 Å². The summed E-state index contributed by atoms with van der Waals surface area (Å²) in [6.07, 6.45) is 0.660. The molecule has 0 amide bonds. The first-order valence-electron chi connectivity index (χ1n) is 6.92. The number of nitrogens with zero attached hydrogens (tertiary/aromatic N) is 1. The molecule has 0 aliphatic rings. The lowest BCUT2D eigenvalue weighted by atomic mass is 10.1. The molecule has 0 heterocycles. The van der Waals surface area contributed by atoms with Gasteiger partial charge in [-0.2, -0.15) is 0 Å². The van der Waals surface area contributed by atoms with Gasteiger partial charge >= 0.3 is 0 Å². The number of hydrogen-bond donors (Lipinski definition) is 2. The van der Waals surface area contributed by atoms with Crippen molar-refractivity contribution in [3.05, 3.63) is 65.0 Å². The molecule has 4 heteroatoms. The summed E-state index contributed by atoms with van der Waals surface area (Å²) < 4.78 is 13.0. The van der Waals surface area contributed by atoms with Crippen LogP contribution in [0.4, 0.5) is 10.1 Å². The zero-order valence-electron chi connectivity index (χ0n) is 12.4. The second-order valence-electron chi connectivity index (χ2n) is 5.15. The average Bonchev–Trinajstić information content (AvgIpc) is 2.37. The molecule has 0 aromatic heterocycles. The van der Waals surface area contributed by atoms with Gasteiger partial charge in [0, 0.05) is 12.2 Å². The number of hydrogen-bond acceptors (Lipinski definition) is 1. The second kappa shape index (κ2) is 6.88. The molecule has 0 bridgehead atoms. The number of halogens is 1. The van der Waals surface area contributed by atoms with Gasteiger partial charge in [0.15, 0.2) is 5.96 Å². The minimum atomic E-state index is -0.224. The third-order valence-corrected chi connectivity index (χ3v) is 3.07. The maximum absolute atomic E-state index is 13.0. The van der Waals surface area contributed by atoms with Crippen molar-refractivity contribution in [3.63, 3.8) is 0 Å². The van der Waals surface area contributed by atoms with Gasteiger partial charge in [0.05, 0.1) is 0 Å². The number of benzene rings is 2. The Hall–Kier alpha value is -2.36. The maximum atomic E-state index is 13.0. The van der Waals surface area contributed by atoms with E-state index < -0.39 is 0 Å². The smallest absolute Gasteiger partial charge is 0.193 e. The minimum Gasteiger partial charge on any atom is -0.370 e. The van der Waals surface area contributed by atoms with E-state index in [1.165, 1.54) is 23.3 Å². The highest BCUT2D eigenvalue weighted by molar-refractivity contribution is 5.92. The van der Waals surface area contributed by atoms with Crippen molar-refractivity contribution in [2.75, 3.05) is 11.9 Å². The monoisotopic (exact) mass is 285 g/mol. The standard InChI is InChI=1S/C17H20FN3/c1-12-8-13(2)10-16(9-12)21-17(19)20-7-6-14-4-3-5-15(18)11-14/h3-5,8-11H,6-7H2,1-2H3,(H3,19,20,21). The molecular weight excluding hydrogens is 265 g/mol. The van der Waals surface area contributed by atoms with Gasteiger partial charge in [0.2, 0.25) is 0 Å².